The highest BCUT2D eigenvalue weighted by molar-refractivity contribution is 5.75. The van der Waals surface area contributed by atoms with Crippen LogP contribution in [0.25, 0.3) is 0 Å². The van der Waals surface area contributed by atoms with E-state index in [2.05, 4.69) is 23.2 Å². The Balaban J connectivity index is 2.07. The molecule has 9 heteroatoms. The third-order valence-corrected chi connectivity index (χ3v) is 4.69. The highest BCUT2D eigenvalue weighted by Crippen LogP contribution is 2.44. The largest absolute Gasteiger partial charge is 0.493 e. The predicted octanol–water partition coefficient (Wildman–Crippen LogP) is 1.84. The molecular formula is C20H23N5O4. The summed E-state index contributed by atoms with van der Waals surface area (Å²) in [6.45, 7) is 1.83. The molecule has 0 saturated heterocycles. The summed E-state index contributed by atoms with van der Waals surface area (Å²) in [6.07, 6.45) is 2.75. The summed E-state index contributed by atoms with van der Waals surface area (Å²) in [7, 11) is 1.49. The number of primary amides is 1. The van der Waals surface area contributed by atoms with Crippen LogP contribution < -0.4 is 25.7 Å². The standard InChI is InChI=1S/C20H23N5O4/c1-3-4-5-13-18-17(12(9-21)19(23)29-20(18)25-24-13)11-6-7-14(15(8-11)27-2)28-10-16(22)26/h6-8,17H,3-5,10,23H2,1-2H3,(H2,22,26)(H,24,25). The molecule has 1 amide bonds. The van der Waals surface area contributed by atoms with E-state index >= 15 is 0 Å². The van der Waals surface area contributed by atoms with E-state index in [-0.39, 0.29) is 12.5 Å². The number of aromatic nitrogens is 2. The van der Waals surface area contributed by atoms with Crippen molar-refractivity contribution in [3.63, 3.8) is 0 Å². The van der Waals surface area contributed by atoms with Crippen LogP contribution >= 0.6 is 0 Å². The Morgan fingerprint density at radius 1 is 1.41 bits per heavy atom. The average molecular weight is 397 g/mol. The van der Waals surface area contributed by atoms with Crippen LogP contribution in [0.4, 0.5) is 0 Å². The molecule has 0 aliphatic carbocycles. The third kappa shape index (κ3) is 3.96. The maximum absolute atomic E-state index is 11.0. The number of amides is 1. The number of H-pyrrole nitrogens is 1. The Kier molecular flexibility index (Phi) is 5.93. The van der Waals surface area contributed by atoms with E-state index in [1.54, 1.807) is 18.2 Å². The highest BCUT2D eigenvalue weighted by Gasteiger charge is 2.35. The van der Waals surface area contributed by atoms with Crippen molar-refractivity contribution in [2.75, 3.05) is 13.7 Å². The van der Waals surface area contributed by atoms with Gasteiger partial charge in [0.05, 0.1) is 13.0 Å². The number of methoxy groups -OCH3 is 1. The maximum Gasteiger partial charge on any atom is 0.255 e. The lowest BCUT2D eigenvalue weighted by molar-refractivity contribution is -0.119. The summed E-state index contributed by atoms with van der Waals surface area (Å²) >= 11 is 0. The number of nitrogens with one attached hydrogen (secondary N) is 1. The molecule has 0 bridgehead atoms. The van der Waals surface area contributed by atoms with Gasteiger partial charge in [0.1, 0.15) is 11.6 Å². The molecule has 1 aromatic carbocycles. The average Bonchev–Trinajstić information content (AvgIpc) is 3.11. The van der Waals surface area contributed by atoms with Crippen molar-refractivity contribution in [1.29, 1.82) is 5.26 Å². The number of aryl methyl sites for hydroxylation is 1. The first kappa shape index (κ1) is 20.1. The maximum atomic E-state index is 11.0. The van der Waals surface area contributed by atoms with Gasteiger partial charge in [-0.3, -0.25) is 9.89 Å². The molecule has 2 heterocycles. The molecule has 29 heavy (non-hydrogen) atoms. The van der Waals surface area contributed by atoms with Gasteiger partial charge >= 0.3 is 0 Å². The van der Waals surface area contributed by atoms with Crippen LogP contribution in [0.1, 0.15) is 42.5 Å². The van der Waals surface area contributed by atoms with E-state index in [9.17, 15) is 10.1 Å². The molecule has 0 saturated carbocycles. The molecule has 1 atom stereocenters. The number of benzene rings is 1. The minimum atomic E-state index is -0.591. The van der Waals surface area contributed by atoms with Gasteiger partial charge < -0.3 is 25.7 Å². The molecule has 1 unspecified atom stereocenters. The second-order valence-corrected chi connectivity index (χ2v) is 6.61. The molecule has 9 nitrogen and oxygen atoms in total. The monoisotopic (exact) mass is 397 g/mol. The Hall–Kier alpha value is -3.67. The lowest BCUT2D eigenvalue weighted by Gasteiger charge is -2.24. The number of unbranched alkanes of at least 4 members (excludes halogenated alkanes) is 1. The molecule has 2 aromatic rings. The van der Waals surface area contributed by atoms with Gasteiger partial charge in [0.15, 0.2) is 18.1 Å². The van der Waals surface area contributed by atoms with Gasteiger partial charge in [-0.2, -0.15) is 5.26 Å². The first-order valence-corrected chi connectivity index (χ1v) is 9.23. The molecule has 0 spiro atoms. The fourth-order valence-electron chi connectivity index (χ4n) is 3.32. The van der Waals surface area contributed by atoms with Crippen molar-refractivity contribution in [2.45, 2.75) is 32.1 Å². The Bertz CT molecular complexity index is 989. The molecule has 0 radical (unpaired) electrons. The van der Waals surface area contributed by atoms with E-state index in [4.69, 9.17) is 25.7 Å². The zero-order valence-corrected chi connectivity index (χ0v) is 16.3. The molecule has 0 fully saturated rings. The van der Waals surface area contributed by atoms with Gasteiger partial charge in [-0.25, -0.2) is 0 Å². The van der Waals surface area contributed by atoms with Crippen molar-refractivity contribution in [2.24, 2.45) is 11.5 Å². The number of nitrogens with zero attached hydrogens (tertiary/aromatic N) is 2. The van der Waals surface area contributed by atoms with Crippen LogP contribution in [0.2, 0.25) is 0 Å². The number of carbonyl (C=O) groups is 1. The van der Waals surface area contributed by atoms with Crippen molar-refractivity contribution < 1.29 is 19.0 Å². The van der Waals surface area contributed by atoms with Gasteiger partial charge in [-0.05, 0) is 30.5 Å². The van der Waals surface area contributed by atoms with E-state index in [0.29, 0.717) is 23.0 Å². The summed E-state index contributed by atoms with van der Waals surface area (Å²) in [5, 5.41) is 17.0. The molecular weight excluding hydrogens is 374 g/mol. The normalized spacial score (nSPS) is 15.3. The SMILES string of the molecule is CCCCc1[nH]nc2c1C(c1ccc(OCC(N)=O)c(OC)c1)C(C#N)=C(N)O2. The van der Waals surface area contributed by atoms with E-state index in [1.807, 2.05) is 0 Å². The van der Waals surface area contributed by atoms with E-state index in [0.717, 1.165) is 36.1 Å². The smallest absolute Gasteiger partial charge is 0.255 e. The number of hydrogen-bond acceptors (Lipinski definition) is 7. The van der Waals surface area contributed by atoms with Crippen LogP contribution in [0.5, 0.6) is 17.4 Å². The van der Waals surface area contributed by atoms with Crippen molar-refractivity contribution >= 4 is 5.91 Å². The molecule has 5 N–H and O–H groups in total. The third-order valence-electron chi connectivity index (χ3n) is 4.69. The number of fused-ring (bicyclic) bond motifs is 1. The quantitative estimate of drug-likeness (QED) is 0.615. The zero-order chi connectivity index (χ0) is 21.0. The molecule has 1 aromatic heterocycles. The second kappa shape index (κ2) is 8.56. The number of allylic oxidation sites excluding steroid dienone is 1. The van der Waals surface area contributed by atoms with Gasteiger partial charge in [-0.1, -0.05) is 19.4 Å². The summed E-state index contributed by atoms with van der Waals surface area (Å²) in [6, 6.07) is 7.37. The number of rotatable bonds is 8. The number of ether oxygens (including phenoxy) is 3. The zero-order valence-electron chi connectivity index (χ0n) is 16.3. The van der Waals surface area contributed by atoms with Gasteiger partial charge in [0.2, 0.25) is 11.8 Å². The lowest BCUT2D eigenvalue weighted by atomic mass is 9.83. The summed E-state index contributed by atoms with van der Waals surface area (Å²) < 4.78 is 16.4. The number of nitriles is 1. The van der Waals surface area contributed by atoms with Crippen LogP contribution in [0.3, 0.4) is 0 Å². The van der Waals surface area contributed by atoms with Gasteiger partial charge in [-0.15, -0.1) is 5.10 Å². The predicted molar refractivity (Wildman–Crippen MR) is 104 cm³/mol. The van der Waals surface area contributed by atoms with Gasteiger partial charge in [0.25, 0.3) is 5.91 Å². The number of carbonyl (C=O) groups excluding carboxylic acids is 1. The van der Waals surface area contributed by atoms with Crippen LogP contribution in [-0.2, 0) is 11.2 Å². The lowest BCUT2D eigenvalue weighted by Crippen LogP contribution is -2.22. The molecule has 1 aliphatic heterocycles. The number of hydrogen-bond donors (Lipinski definition) is 3. The number of nitrogens with two attached hydrogens (primary N) is 2. The Morgan fingerprint density at radius 3 is 2.86 bits per heavy atom. The fraction of sp³-hybridized carbons (Fsp3) is 0.350. The molecule has 152 valence electrons. The van der Waals surface area contributed by atoms with Crippen LogP contribution in [0.15, 0.2) is 29.7 Å². The first-order valence-electron chi connectivity index (χ1n) is 9.23. The summed E-state index contributed by atoms with van der Waals surface area (Å²) in [4.78, 5) is 11.0. The van der Waals surface area contributed by atoms with E-state index < -0.39 is 11.8 Å². The van der Waals surface area contributed by atoms with Crippen LogP contribution in [-0.4, -0.2) is 29.8 Å². The summed E-state index contributed by atoms with van der Waals surface area (Å²) in [5.74, 6) is 0.111. The van der Waals surface area contributed by atoms with Crippen molar-refractivity contribution in [3.05, 3.63) is 46.5 Å². The molecule has 3 rings (SSSR count). The van der Waals surface area contributed by atoms with Gasteiger partial charge in [0, 0.05) is 11.3 Å². The fourth-order valence-corrected chi connectivity index (χ4v) is 3.32. The summed E-state index contributed by atoms with van der Waals surface area (Å²) in [5.41, 5.74) is 13.9. The topological polar surface area (TPSA) is 149 Å². The molecule has 1 aliphatic rings. The minimum Gasteiger partial charge on any atom is -0.493 e. The van der Waals surface area contributed by atoms with Crippen molar-refractivity contribution in [3.8, 4) is 23.4 Å². The minimum absolute atomic E-state index is 0.0200. The Morgan fingerprint density at radius 2 is 2.21 bits per heavy atom. The van der Waals surface area contributed by atoms with E-state index in [1.165, 1.54) is 7.11 Å². The second-order valence-electron chi connectivity index (χ2n) is 6.61. The first-order chi connectivity index (χ1) is 14.0. The van der Waals surface area contributed by atoms with Crippen LogP contribution in [0, 0.1) is 11.3 Å². The number of aromatic amines is 1. The Labute approximate surface area is 168 Å². The van der Waals surface area contributed by atoms with Crippen molar-refractivity contribution in [1.82, 2.24) is 10.2 Å². The highest BCUT2D eigenvalue weighted by atomic mass is 16.5.